The van der Waals surface area contributed by atoms with Gasteiger partial charge in [0.2, 0.25) is 0 Å². The molecule has 0 radical (unpaired) electrons. The van der Waals surface area contributed by atoms with Gasteiger partial charge in [-0.15, -0.1) is 0 Å². The predicted octanol–water partition coefficient (Wildman–Crippen LogP) is 3.64. The summed E-state index contributed by atoms with van der Waals surface area (Å²) in [6.07, 6.45) is 2.63. The van der Waals surface area contributed by atoms with Crippen LogP contribution in [0.5, 0.6) is 0 Å². The normalized spacial score (nSPS) is 18.6. The number of benzene rings is 1. The molecule has 0 aromatic heterocycles. The number of halogens is 1. The maximum absolute atomic E-state index is 12.4. The number of hydrogen-bond acceptors (Lipinski definition) is 0. The Morgan fingerprint density at radius 2 is 2.23 bits per heavy atom. The molecule has 0 aliphatic heterocycles. The summed E-state index contributed by atoms with van der Waals surface area (Å²) in [4.78, 5) is 0. The van der Waals surface area contributed by atoms with Gasteiger partial charge in [-0.05, 0) is 29.9 Å². The van der Waals surface area contributed by atoms with E-state index in [4.69, 9.17) is 0 Å². The fourth-order valence-electron chi connectivity index (χ4n) is 1.63. The van der Waals surface area contributed by atoms with Gasteiger partial charge in [0.15, 0.2) is 0 Å². The lowest BCUT2D eigenvalue weighted by molar-refractivity contribution is 0.447. The number of alkyl halides is 1. The minimum Gasteiger partial charge on any atom is -0.250 e. The third-order valence-corrected chi connectivity index (χ3v) is 2.76. The lowest BCUT2D eigenvalue weighted by Crippen LogP contribution is -1.95. The highest BCUT2D eigenvalue weighted by Crippen LogP contribution is 2.40. The highest BCUT2D eigenvalue weighted by atomic mass is 19.1. The third kappa shape index (κ3) is 1.90. The molecule has 1 aromatic rings. The first kappa shape index (κ1) is 8.74. The van der Waals surface area contributed by atoms with Crippen LogP contribution in [0.4, 0.5) is 4.39 Å². The molecule has 0 saturated heterocycles. The lowest BCUT2D eigenvalue weighted by atomic mass is 9.99. The van der Waals surface area contributed by atoms with Gasteiger partial charge < -0.3 is 0 Å². The molecule has 1 saturated carbocycles. The second-order valence-electron chi connectivity index (χ2n) is 4.00. The molecule has 0 bridgehead atoms. The second-order valence-corrected chi connectivity index (χ2v) is 4.00. The molecule has 2 rings (SSSR count). The maximum atomic E-state index is 12.4. The molecule has 1 aliphatic carbocycles. The van der Waals surface area contributed by atoms with Gasteiger partial charge in [-0.3, -0.25) is 4.39 Å². The van der Waals surface area contributed by atoms with Gasteiger partial charge >= 0.3 is 0 Å². The minimum atomic E-state index is -0.256. The van der Waals surface area contributed by atoms with E-state index in [9.17, 15) is 4.39 Å². The largest absolute Gasteiger partial charge is 0.250 e. The Morgan fingerprint density at radius 1 is 1.46 bits per heavy atom. The summed E-state index contributed by atoms with van der Waals surface area (Å²) >= 11 is 0. The van der Waals surface area contributed by atoms with Gasteiger partial charge in [0.05, 0.1) is 6.67 Å². The predicted molar refractivity (Wildman–Crippen MR) is 52.8 cm³/mol. The van der Waals surface area contributed by atoms with Crippen LogP contribution in [0, 0.1) is 0 Å². The van der Waals surface area contributed by atoms with Crippen molar-refractivity contribution in [3.05, 3.63) is 35.4 Å². The van der Waals surface area contributed by atoms with Crippen LogP contribution in [0.3, 0.4) is 0 Å². The van der Waals surface area contributed by atoms with Gasteiger partial charge in [0.25, 0.3) is 0 Å². The average molecular weight is 178 g/mol. The van der Waals surface area contributed by atoms with Crippen LogP contribution in [0.2, 0.25) is 0 Å². The van der Waals surface area contributed by atoms with Crippen molar-refractivity contribution in [3.8, 4) is 0 Å². The van der Waals surface area contributed by atoms with Crippen molar-refractivity contribution in [2.24, 2.45) is 0 Å². The highest BCUT2D eigenvalue weighted by Gasteiger charge is 2.23. The van der Waals surface area contributed by atoms with Crippen molar-refractivity contribution >= 4 is 0 Å². The fourth-order valence-corrected chi connectivity index (χ4v) is 1.63. The number of hydrogen-bond donors (Lipinski definition) is 0. The Labute approximate surface area is 78.8 Å². The topological polar surface area (TPSA) is 0 Å². The fraction of sp³-hybridized carbons (Fsp3) is 0.500. The zero-order chi connectivity index (χ0) is 9.26. The molecule has 0 N–H and O–H groups in total. The summed E-state index contributed by atoms with van der Waals surface area (Å²) in [5.74, 6) is 0.825. The quantitative estimate of drug-likeness (QED) is 0.663. The molecular weight excluding hydrogens is 163 g/mol. The SMILES string of the molecule is CC(CF)c1cccc(C2CC2)c1. The van der Waals surface area contributed by atoms with E-state index in [0.29, 0.717) is 0 Å². The van der Waals surface area contributed by atoms with Crippen molar-refractivity contribution in [2.45, 2.75) is 31.6 Å². The standard InChI is InChI=1S/C12H15F/c1-9(8-13)11-3-2-4-12(7-11)10-5-6-10/h2-4,7,9-10H,5-6,8H2,1H3. The Kier molecular flexibility index (Phi) is 2.34. The molecule has 0 nitrogen and oxygen atoms in total. The van der Waals surface area contributed by atoms with Crippen molar-refractivity contribution in [1.82, 2.24) is 0 Å². The molecule has 1 heteroatoms. The minimum absolute atomic E-state index is 0.0544. The maximum Gasteiger partial charge on any atom is 0.0960 e. The van der Waals surface area contributed by atoms with E-state index < -0.39 is 0 Å². The third-order valence-electron chi connectivity index (χ3n) is 2.76. The van der Waals surface area contributed by atoms with Crippen molar-refractivity contribution in [2.75, 3.05) is 6.67 Å². The summed E-state index contributed by atoms with van der Waals surface area (Å²) in [5.41, 5.74) is 2.55. The molecule has 0 heterocycles. The van der Waals surface area contributed by atoms with Crippen LogP contribution in [-0.4, -0.2) is 6.67 Å². The van der Waals surface area contributed by atoms with Crippen LogP contribution in [0.1, 0.15) is 42.7 Å². The second kappa shape index (κ2) is 3.49. The molecule has 1 unspecified atom stereocenters. The van der Waals surface area contributed by atoms with E-state index in [-0.39, 0.29) is 12.6 Å². The Bertz CT molecular complexity index is 289. The van der Waals surface area contributed by atoms with Crippen LogP contribution in [0.25, 0.3) is 0 Å². The van der Waals surface area contributed by atoms with E-state index in [2.05, 4.69) is 18.2 Å². The average Bonchev–Trinajstić information content (AvgIpc) is 3.00. The highest BCUT2D eigenvalue weighted by molar-refractivity contribution is 5.30. The molecular formula is C12H15F. The molecule has 1 fully saturated rings. The van der Waals surface area contributed by atoms with Gasteiger partial charge in [0, 0.05) is 5.92 Å². The summed E-state index contributed by atoms with van der Waals surface area (Å²) in [7, 11) is 0. The Hall–Kier alpha value is -0.850. The van der Waals surface area contributed by atoms with Crippen LogP contribution in [0.15, 0.2) is 24.3 Å². The zero-order valence-electron chi connectivity index (χ0n) is 7.96. The molecule has 1 atom stereocenters. The molecule has 0 spiro atoms. The first-order valence-electron chi connectivity index (χ1n) is 4.97. The van der Waals surface area contributed by atoms with Gasteiger partial charge in [-0.25, -0.2) is 0 Å². The lowest BCUT2D eigenvalue weighted by Gasteiger charge is -2.08. The molecule has 0 amide bonds. The van der Waals surface area contributed by atoms with Crippen molar-refractivity contribution < 1.29 is 4.39 Å². The van der Waals surface area contributed by atoms with Crippen molar-refractivity contribution in [1.29, 1.82) is 0 Å². The molecule has 70 valence electrons. The molecule has 1 aromatic carbocycles. The molecule has 1 aliphatic rings. The Balaban J connectivity index is 2.21. The first-order chi connectivity index (χ1) is 6.31. The van der Waals surface area contributed by atoms with E-state index in [1.165, 1.54) is 18.4 Å². The Morgan fingerprint density at radius 3 is 2.85 bits per heavy atom. The van der Waals surface area contributed by atoms with E-state index in [1.54, 1.807) is 0 Å². The van der Waals surface area contributed by atoms with Gasteiger partial charge in [0.1, 0.15) is 0 Å². The monoisotopic (exact) mass is 178 g/mol. The van der Waals surface area contributed by atoms with Crippen molar-refractivity contribution in [3.63, 3.8) is 0 Å². The first-order valence-corrected chi connectivity index (χ1v) is 4.97. The van der Waals surface area contributed by atoms with E-state index in [1.807, 2.05) is 13.0 Å². The van der Waals surface area contributed by atoms with Gasteiger partial charge in [-0.1, -0.05) is 31.2 Å². The van der Waals surface area contributed by atoms with Gasteiger partial charge in [-0.2, -0.15) is 0 Å². The summed E-state index contributed by atoms with van der Waals surface area (Å²) in [6.45, 7) is 1.68. The summed E-state index contributed by atoms with van der Waals surface area (Å²) < 4.78 is 12.4. The smallest absolute Gasteiger partial charge is 0.0960 e. The van der Waals surface area contributed by atoms with E-state index >= 15 is 0 Å². The summed E-state index contributed by atoms with van der Waals surface area (Å²) in [6, 6.07) is 8.40. The zero-order valence-corrected chi connectivity index (χ0v) is 7.96. The van der Waals surface area contributed by atoms with Crippen LogP contribution >= 0.6 is 0 Å². The van der Waals surface area contributed by atoms with Crippen LogP contribution < -0.4 is 0 Å². The van der Waals surface area contributed by atoms with E-state index in [0.717, 1.165) is 11.5 Å². The number of rotatable bonds is 3. The summed E-state index contributed by atoms with van der Waals surface area (Å²) in [5, 5.41) is 0. The molecule has 13 heavy (non-hydrogen) atoms. The van der Waals surface area contributed by atoms with Crippen LogP contribution in [-0.2, 0) is 0 Å².